The first-order valence-electron chi connectivity index (χ1n) is 9.50. The van der Waals surface area contributed by atoms with Crippen LogP contribution in [-0.2, 0) is 19.1 Å². The molecule has 150 valence electrons. The van der Waals surface area contributed by atoms with Crippen LogP contribution in [0.5, 0.6) is 0 Å². The summed E-state index contributed by atoms with van der Waals surface area (Å²) in [4.78, 5) is 22.6. The van der Waals surface area contributed by atoms with Gasteiger partial charge in [0.2, 0.25) is 0 Å². The summed E-state index contributed by atoms with van der Waals surface area (Å²) in [6.07, 6.45) is 11.7. The number of hydrogen-bond acceptors (Lipinski definition) is 6. The molecule has 6 heteroatoms. The Morgan fingerprint density at radius 2 is 1.35 bits per heavy atom. The van der Waals surface area contributed by atoms with Gasteiger partial charge in [-0.2, -0.15) is 0 Å². The minimum Gasteiger partial charge on any atom is -0.449 e. The fourth-order valence-electron chi connectivity index (χ4n) is 2.58. The van der Waals surface area contributed by atoms with E-state index in [1.54, 1.807) is 0 Å². The Balaban J connectivity index is 4.19. The molecule has 0 bridgehead atoms. The van der Waals surface area contributed by atoms with E-state index in [0.29, 0.717) is 6.42 Å². The lowest BCUT2D eigenvalue weighted by Crippen LogP contribution is -2.48. The summed E-state index contributed by atoms with van der Waals surface area (Å²) in [5.74, 6) is -4.73. The third-order valence-corrected chi connectivity index (χ3v) is 4.08. The van der Waals surface area contributed by atoms with Crippen molar-refractivity contribution in [2.24, 2.45) is 0 Å². The van der Waals surface area contributed by atoms with Crippen LogP contribution in [0.4, 0.5) is 0 Å². The maximum Gasteiger partial charge on any atom is 0.363 e. The zero-order valence-electron chi connectivity index (χ0n) is 16.0. The first kappa shape index (κ1) is 24.3. The number of esters is 2. The van der Waals surface area contributed by atoms with E-state index < -0.39 is 24.0 Å². The van der Waals surface area contributed by atoms with Crippen LogP contribution in [0.2, 0.25) is 0 Å². The van der Waals surface area contributed by atoms with E-state index >= 15 is 0 Å². The average molecular weight is 370 g/mol. The van der Waals surface area contributed by atoms with Crippen LogP contribution in [0.3, 0.4) is 0 Å². The molecule has 0 radical (unpaired) electrons. The second-order valence-corrected chi connectivity index (χ2v) is 6.38. The highest BCUT2D eigenvalue weighted by Gasteiger charge is 2.41. The van der Waals surface area contributed by atoms with Crippen LogP contribution in [0, 0.1) is 0 Å². The molecular formula is C20H34O6. The van der Waals surface area contributed by atoms with Crippen molar-refractivity contribution in [3.05, 3.63) is 25.3 Å². The molecule has 0 amide bonds. The standard InChI is InChI=1S/C20H34O6/c1-4-7-8-9-10-11-12-13-14-15-16-17(25-18(21)5-2)20(23,24)26-19(22)6-3/h5-6,17,23-24H,2-4,7-16H2,1H3. The Kier molecular flexibility index (Phi) is 13.6. The van der Waals surface area contributed by atoms with E-state index in [-0.39, 0.29) is 6.42 Å². The Bertz CT molecular complexity index is 430. The van der Waals surface area contributed by atoms with Gasteiger partial charge in [0.15, 0.2) is 6.10 Å². The highest BCUT2D eigenvalue weighted by atomic mass is 16.8. The molecule has 0 fully saturated rings. The smallest absolute Gasteiger partial charge is 0.363 e. The van der Waals surface area contributed by atoms with Gasteiger partial charge in [0.05, 0.1) is 0 Å². The van der Waals surface area contributed by atoms with Gasteiger partial charge >= 0.3 is 17.9 Å². The number of hydrogen-bond donors (Lipinski definition) is 2. The summed E-state index contributed by atoms with van der Waals surface area (Å²) in [6, 6.07) is 0. The van der Waals surface area contributed by atoms with Crippen LogP contribution in [0.1, 0.15) is 77.6 Å². The highest BCUT2D eigenvalue weighted by molar-refractivity contribution is 5.82. The second-order valence-electron chi connectivity index (χ2n) is 6.38. The van der Waals surface area contributed by atoms with Gasteiger partial charge in [-0.15, -0.1) is 0 Å². The van der Waals surface area contributed by atoms with Crippen molar-refractivity contribution in [3.8, 4) is 0 Å². The summed E-state index contributed by atoms with van der Waals surface area (Å²) in [6.45, 7) is 8.66. The summed E-state index contributed by atoms with van der Waals surface area (Å²) in [7, 11) is 0. The molecule has 0 aliphatic heterocycles. The number of aliphatic hydroxyl groups is 2. The van der Waals surface area contributed by atoms with E-state index in [9.17, 15) is 19.8 Å². The van der Waals surface area contributed by atoms with E-state index in [4.69, 9.17) is 4.74 Å². The van der Waals surface area contributed by atoms with Gasteiger partial charge in [0.1, 0.15) is 0 Å². The molecule has 1 atom stereocenters. The number of ether oxygens (including phenoxy) is 2. The van der Waals surface area contributed by atoms with Gasteiger partial charge in [-0.25, -0.2) is 9.59 Å². The van der Waals surface area contributed by atoms with Gasteiger partial charge in [0.25, 0.3) is 0 Å². The zero-order valence-corrected chi connectivity index (χ0v) is 16.0. The van der Waals surface area contributed by atoms with E-state index in [2.05, 4.69) is 24.8 Å². The Hall–Kier alpha value is -1.66. The molecule has 0 aromatic heterocycles. The molecule has 0 saturated heterocycles. The van der Waals surface area contributed by atoms with Gasteiger partial charge in [-0.1, -0.05) is 77.9 Å². The van der Waals surface area contributed by atoms with E-state index in [1.807, 2.05) is 0 Å². The highest BCUT2D eigenvalue weighted by Crippen LogP contribution is 2.21. The molecule has 0 heterocycles. The molecule has 0 aromatic carbocycles. The first-order chi connectivity index (χ1) is 12.4. The normalized spacial score (nSPS) is 12.3. The summed E-state index contributed by atoms with van der Waals surface area (Å²) in [5.41, 5.74) is 0. The van der Waals surface area contributed by atoms with Crippen molar-refractivity contribution < 1.29 is 29.3 Å². The van der Waals surface area contributed by atoms with Crippen molar-refractivity contribution in [3.63, 3.8) is 0 Å². The topological polar surface area (TPSA) is 93.1 Å². The van der Waals surface area contributed by atoms with Gasteiger partial charge < -0.3 is 19.7 Å². The summed E-state index contributed by atoms with van der Waals surface area (Å²) < 4.78 is 9.40. The second kappa shape index (κ2) is 14.5. The molecule has 6 nitrogen and oxygen atoms in total. The molecule has 0 aliphatic carbocycles. The molecule has 0 aromatic rings. The fraction of sp³-hybridized carbons (Fsp3) is 0.700. The Labute approximate surface area is 156 Å². The van der Waals surface area contributed by atoms with Gasteiger partial charge in [-0.05, 0) is 12.8 Å². The van der Waals surface area contributed by atoms with Crippen molar-refractivity contribution in [1.82, 2.24) is 0 Å². The number of rotatable bonds is 16. The maximum atomic E-state index is 11.4. The molecule has 0 aliphatic rings. The minimum absolute atomic E-state index is 0.160. The molecule has 0 rings (SSSR count). The number of unbranched alkanes of at least 4 members (excludes halogenated alkanes) is 9. The third-order valence-electron chi connectivity index (χ3n) is 4.08. The van der Waals surface area contributed by atoms with Crippen molar-refractivity contribution in [2.75, 3.05) is 0 Å². The lowest BCUT2D eigenvalue weighted by Gasteiger charge is -2.29. The predicted octanol–water partition coefficient (Wildman–Crippen LogP) is 3.76. The minimum atomic E-state index is -2.90. The monoisotopic (exact) mass is 370 g/mol. The maximum absolute atomic E-state index is 11.4. The summed E-state index contributed by atoms with van der Waals surface area (Å²) in [5, 5.41) is 19.8. The molecule has 26 heavy (non-hydrogen) atoms. The quantitative estimate of drug-likeness (QED) is 0.186. The number of carbonyl (C=O) groups excluding carboxylic acids is 2. The van der Waals surface area contributed by atoms with E-state index in [0.717, 1.165) is 31.4 Å². The molecule has 2 N–H and O–H groups in total. The van der Waals surface area contributed by atoms with Crippen molar-refractivity contribution in [2.45, 2.75) is 89.6 Å². The molecule has 0 saturated carbocycles. The van der Waals surface area contributed by atoms with Crippen LogP contribution >= 0.6 is 0 Å². The Morgan fingerprint density at radius 1 is 0.885 bits per heavy atom. The van der Waals surface area contributed by atoms with Gasteiger partial charge in [0, 0.05) is 12.2 Å². The molecular weight excluding hydrogens is 336 g/mol. The molecule has 1 unspecified atom stereocenters. The lowest BCUT2D eigenvalue weighted by atomic mass is 10.0. The van der Waals surface area contributed by atoms with Gasteiger partial charge in [-0.3, -0.25) is 0 Å². The largest absolute Gasteiger partial charge is 0.449 e. The SMILES string of the molecule is C=CC(=O)OC(CCCCCCCCCCCC)C(O)(O)OC(=O)C=C. The average Bonchev–Trinajstić information content (AvgIpc) is 2.61. The predicted molar refractivity (Wildman–Crippen MR) is 100.0 cm³/mol. The summed E-state index contributed by atoms with van der Waals surface area (Å²) >= 11 is 0. The van der Waals surface area contributed by atoms with Crippen LogP contribution in [0.15, 0.2) is 25.3 Å². The van der Waals surface area contributed by atoms with Crippen LogP contribution in [-0.4, -0.2) is 34.2 Å². The fourth-order valence-corrected chi connectivity index (χ4v) is 2.58. The molecule has 0 spiro atoms. The van der Waals surface area contributed by atoms with Crippen molar-refractivity contribution in [1.29, 1.82) is 0 Å². The first-order valence-corrected chi connectivity index (χ1v) is 9.50. The van der Waals surface area contributed by atoms with Crippen molar-refractivity contribution >= 4 is 11.9 Å². The number of carbonyl (C=O) groups is 2. The zero-order chi connectivity index (χ0) is 19.8. The lowest BCUT2D eigenvalue weighted by molar-refractivity contribution is -0.357. The third kappa shape index (κ3) is 11.8. The van der Waals surface area contributed by atoms with E-state index in [1.165, 1.54) is 38.5 Å². The van der Waals surface area contributed by atoms with Crippen LogP contribution < -0.4 is 0 Å². The van der Waals surface area contributed by atoms with Crippen LogP contribution in [0.25, 0.3) is 0 Å². The Morgan fingerprint density at radius 3 is 1.81 bits per heavy atom.